The number of carbonyl (C=O) groups is 2. The molecular formula is C18H26Cl2N2O3. The van der Waals surface area contributed by atoms with E-state index in [2.05, 4.69) is 13.8 Å². The fraction of sp³-hybridized carbons (Fsp3) is 0.556. The van der Waals surface area contributed by atoms with Gasteiger partial charge in [-0.1, -0.05) is 44.7 Å². The summed E-state index contributed by atoms with van der Waals surface area (Å²) in [4.78, 5) is 26.0. The maximum Gasteiger partial charge on any atom is 0.268 e. The van der Waals surface area contributed by atoms with Gasteiger partial charge in [0.2, 0.25) is 0 Å². The number of hydrogen-bond acceptors (Lipinski definition) is 3. The van der Waals surface area contributed by atoms with Gasteiger partial charge in [0.25, 0.3) is 11.8 Å². The lowest BCUT2D eigenvalue weighted by Crippen LogP contribution is -2.48. The topological polar surface area (TPSA) is 72.6 Å². The van der Waals surface area contributed by atoms with E-state index in [1.165, 1.54) is 11.0 Å². The Morgan fingerprint density at radius 1 is 1.36 bits per heavy atom. The van der Waals surface area contributed by atoms with Gasteiger partial charge in [0, 0.05) is 18.0 Å². The summed E-state index contributed by atoms with van der Waals surface area (Å²) in [7, 11) is 1.68. The highest BCUT2D eigenvalue weighted by Gasteiger charge is 2.38. The highest BCUT2D eigenvalue weighted by Crippen LogP contribution is 2.41. The van der Waals surface area contributed by atoms with Gasteiger partial charge >= 0.3 is 0 Å². The number of ether oxygens (including phenoxy) is 1. The highest BCUT2D eigenvalue weighted by molar-refractivity contribution is 6.31. The Morgan fingerprint density at radius 3 is 2.60 bits per heavy atom. The van der Waals surface area contributed by atoms with Gasteiger partial charge in [-0.15, -0.1) is 12.4 Å². The van der Waals surface area contributed by atoms with E-state index in [0.717, 1.165) is 32.1 Å². The summed E-state index contributed by atoms with van der Waals surface area (Å²) in [5.41, 5.74) is 6.16. The molecule has 2 atom stereocenters. The van der Waals surface area contributed by atoms with Crippen molar-refractivity contribution in [2.45, 2.75) is 52.1 Å². The Hall–Kier alpha value is -1.46. The van der Waals surface area contributed by atoms with Crippen molar-refractivity contribution in [2.24, 2.45) is 11.7 Å². The molecular weight excluding hydrogens is 363 g/mol. The molecule has 7 heteroatoms. The van der Waals surface area contributed by atoms with E-state index in [-0.39, 0.29) is 29.8 Å². The van der Waals surface area contributed by atoms with Crippen LogP contribution in [0.2, 0.25) is 5.02 Å². The van der Waals surface area contributed by atoms with E-state index in [1.54, 1.807) is 13.1 Å². The molecule has 0 fully saturated rings. The van der Waals surface area contributed by atoms with E-state index in [1.807, 2.05) is 0 Å². The van der Waals surface area contributed by atoms with Gasteiger partial charge in [-0.2, -0.15) is 0 Å². The van der Waals surface area contributed by atoms with Crippen molar-refractivity contribution in [1.82, 2.24) is 0 Å². The van der Waals surface area contributed by atoms with E-state index >= 15 is 0 Å². The van der Waals surface area contributed by atoms with Crippen LogP contribution in [0.4, 0.5) is 5.69 Å². The zero-order valence-electron chi connectivity index (χ0n) is 14.9. The summed E-state index contributed by atoms with van der Waals surface area (Å²) in [5, 5.41) is 0.347. The molecule has 0 saturated carbocycles. The van der Waals surface area contributed by atoms with Gasteiger partial charge in [-0.3, -0.25) is 9.59 Å². The minimum Gasteiger partial charge on any atom is -0.477 e. The third-order valence-corrected chi connectivity index (χ3v) is 4.83. The molecule has 140 valence electrons. The molecule has 0 spiro atoms. The van der Waals surface area contributed by atoms with E-state index in [0.29, 0.717) is 16.5 Å². The molecule has 25 heavy (non-hydrogen) atoms. The quantitative estimate of drug-likeness (QED) is 0.711. The molecule has 2 rings (SSSR count). The molecule has 2 amide bonds. The molecule has 5 nitrogen and oxygen atoms in total. The van der Waals surface area contributed by atoms with Crippen LogP contribution in [0.1, 0.15) is 56.3 Å². The van der Waals surface area contributed by atoms with Crippen molar-refractivity contribution < 1.29 is 14.3 Å². The molecule has 1 aliphatic rings. The number of benzene rings is 1. The standard InChI is InChI=1S/C18H25ClN2O3.ClH/c1-4-6-7-8-11(5-2)15-18(23)21(3)14-10-12(19)9-13(17(20)22)16(14)24-15;/h9-11,15H,4-8H2,1-3H3,(H2,20,22);1H. The Bertz CT molecular complexity index is 637. The van der Waals surface area contributed by atoms with Gasteiger partial charge in [0.05, 0.1) is 11.3 Å². The zero-order valence-corrected chi connectivity index (χ0v) is 16.5. The third kappa shape index (κ3) is 4.59. The largest absolute Gasteiger partial charge is 0.477 e. The summed E-state index contributed by atoms with van der Waals surface area (Å²) >= 11 is 6.05. The summed E-state index contributed by atoms with van der Waals surface area (Å²) in [5.74, 6) is -0.262. The van der Waals surface area contributed by atoms with Gasteiger partial charge in [-0.05, 0) is 25.0 Å². The normalized spacial score (nSPS) is 17.4. The molecule has 1 aliphatic heterocycles. The summed E-state index contributed by atoms with van der Waals surface area (Å²) in [6.07, 6.45) is 4.48. The van der Waals surface area contributed by atoms with Gasteiger partial charge in [-0.25, -0.2) is 0 Å². The zero-order chi connectivity index (χ0) is 17.9. The molecule has 0 bridgehead atoms. The van der Waals surface area contributed by atoms with Crippen LogP contribution in [0.15, 0.2) is 12.1 Å². The van der Waals surface area contributed by atoms with Crippen LogP contribution >= 0.6 is 24.0 Å². The van der Waals surface area contributed by atoms with Gasteiger partial charge in [0.15, 0.2) is 11.9 Å². The number of halogens is 2. The number of amides is 2. The first kappa shape index (κ1) is 21.6. The minimum atomic E-state index is -0.616. The molecule has 1 aromatic carbocycles. The van der Waals surface area contributed by atoms with Crippen molar-refractivity contribution in [3.8, 4) is 5.75 Å². The maximum atomic E-state index is 12.8. The van der Waals surface area contributed by atoms with E-state index in [9.17, 15) is 9.59 Å². The fourth-order valence-electron chi connectivity index (χ4n) is 3.15. The predicted octanol–water partition coefficient (Wildman–Crippen LogP) is 4.19. The summed E-state index contributed by atoms with van der Waals surface area (Å²) in [6, 6.07) is 3.11. The first-order valence-electron chi connectivity index (χ1n) is 8.48. The number of primary amides is 1. The molecule has 0 aromatic heterocycles. The molecule has 0 saturated heterocycles. The van der Waals surface area contributed by atoms with Crippen LogP contribution in [0.3, 0.4) is 0 Å². The molecule has 0 aliphatic carbocycles. The number of fused-ring (bicyclic) bond motifs is 1. The van der Waals surface area contributed by atoms with Crippen LogP contribution < -0.4 is 15.4 Å². The number of nitrogens with two attached hydrogens (primary N) is 1. The van der Waals surface area contributed by atoms with Crippen LogP contribution in [0.5, 0.6) is 5.75 Å². The van der Waals surface area contributed by atoms with Crippen LogP contribution in [-0.4, -0.2) is 25.0 Å². The number of likely N-dealkylation sites (N-methyl/N-ethyl adjacent to an activating group) is 1. The predicted molar refractivity (Wildman–Crippen MR) is 103 cm³/mol. The number of unbranched alkanes of at least 4 members (excludes halogenated alkanes) is 2. The summed E-state index contributed by atoms with van der Waals surface area (Å²) in [6.45, 7) is 4.20. The van der Waals surface area contributed by atoms with Crippen LogP contribution in [-0.2, 0) is 4.79 Å². The second-order valence-corrected chi connectivity index (χ2v) is 6.70. The van der Waals surface area contributed by atoms with Crippen molar-refractivity contribution in [1.29, 1.82) is 0 Å². The number of anilines is 1. The lowest BCUT2D eigenvalue weighted by atomic mass is 9.90. The molecule has 1 aromatic rings. The second-order valence-electron chi connectivity index (χ2n) is 6.27. The van der Waals surface area contributed by atoms with Crippen molar-refractivity contribution >= 4 is 41.5 Å². The lowest BCUT2D eigenvalue weighted by Gasteiger charge is -2.36. The average Bonchev–Trinajstić information content (AvgIpc) is 2.55. The Labute approximate surface area is 160 Å². The monoisotopic (exact) mass is 388 g/mol. The Kier molecular flexibility index (Phi) is 8.03. The minimum absolute atomic E-state index is 0. The van der Waals surface area contributed by atoms with Crippen molar-refractivity contribution in [3.05, 3.63) is 22.7 Å². The second kappa shape index (κ2) is 9.30. The Balaban J connectivity index is 0.00000312. The van der Waals surface area contributed by atoms with Gasteiger partial charge in [0.1, 0.15) is 0 Å². The number of hydrogen-bond donors (Lipinski definition) is 1. The number of carbonyl (C=O) groups excluding carboxylic acids is 2. The van der Waals surface area contributed by atoms with Crippen molar-refractivity contribution in [3.63, 3.8) is 0 Å². The third-order valence-electron chi connectivity index (χ3n) is 4.61. The van der Waals surface area contributed by atoms with Crippen LogP contribution in [0.25, 0.3) is 0 Å². The fourth-order valence-corrected chi connectivity index (χ4v) is 3.36. The number of rotatable bonds is 7. The first-order valence-corrected chi connectivity index (χ1v) is 8.86. The smallest absolute Gasteiger partial charge is 0.268 e. The average molecular weight is 389 g/mol. The first-order chi connectivity index (χ1) is 11.4. The number of nitrogens with zero attached hydrogens (tertiary/aromatic N) is 1. The lowest BCUT2D eigenvalue weighted by molar-refractivity contribution is -0.128. The van der Waals surface area contributed by atoms with E-state index in [4.69, 9.17) is 22.1 Å². The maximum absolute atomic E-state index is 12.8. The summed E-state index contributed by atoms with van der Waals surface area (Å²) < 4.78 is 6.00. The molecule has 2 unspecified atom stereocenters. The SMILES string of the molecule is CCCCCC(CC)C1Oc2c(C(N)=O)cc(Cl)cc2N(C)C1=O.Cl. The van der Waals surface area contributed by atoms with Crippen molar-refractivity contribution in [2.75, 3.05) is 11.9 Å². The van der Waals surface area contributed by atoms with Crippen LogP contribution in [0, 0.1) is 5.92 Å². The molecule has 2 N–H and O–H groups in total. The Morgan fingerprint density at radius 2 is 2.04 bits per heavy atom. The highest BCUT2D eigenvalue weighted by atomic mass is 35.5. The molecule has 0 radical (unpaired) electrons. The van der Waals surface area contributed by atoms with E-state index < -0.39 is 12.0 Å². The van der Waals surface area contributed by atoms with Gasteiger partial charge < -0.3 is 15.4 Å². The molecule has 1 heterocycles.